The molecule has 0 aromatic carbocycles. The first-order chi connectivity index (χ1) is 3.12. The molecule has 1 nitrogen and oxygen atoms in total. The minimum absolute atomic E-state index is 0.476. The van der Waals surface area contributed by atoms with Crippen LogP contribution in [0.15, 0.2) is 0 Å². The summed E-state index contributed by atoms with van der Waals surface area (Å²) in [7, 11) is -3.62. The van der Waals surface area contributed by atoms with Gasteiger partial charge in [-0.1, -0.05) is 0 Å². The van der Waals surface area contributed by atoms with Gasteiger partial charge < -0.3 is 0 Å². The SMILES string of the molecule is O=P(F)(CCl)CCl. The van der Waals surface area contributed by atoms with Crippen molar-refractivity contribution in [1.29, 1.82) is 0 Å². The Bertz CT molecular complexity index is 87.7. The van der Waals surface area contributed by atoms with E-state index in [1.807, 2.05) is 0 Å². The van der Waals surface area contributed by atoms with Crippen LogP contribution in [0.4, 0.5) is 4.20 Å². The topological polar surface area (TPSA) is 17.1 Å². The second kappa shape index (κ2) is 2.91. The zero-order chi connectivity index (χ0) is 5.91. The first-order valence-electron chi connectivity index (χ1n) is 1.52. The van der Waals surface area contributed by atoms with Gasteiger partial charge in [0.1, 0.15) is 11.2 Å². The summed E-state index contributed by atoms with van der Waals surface area (Å²) in [6.07, 6.45) is 0. The Hall–Kier alpha value is 0.740. The summed E-state index contributed by atoms with van der Waals surface area (Å²) < 4.78 is 21.9. The molecule has 0 saturated carbocycles. The molecule has 0 heterocycles. The van der Waals surface area contributed by atoms with Gasteiger partial charge in [-0.05, 0) is 0 Å². The summed E-state index contributed by atoms with van der Waals surface area (Å²) in [5, 5.41) is 0. The molecule has 0 saturated heterocycles. The molecule has 0 amide bonds. The van der Waals surface area contributed by atoms with Crippen molar-refractivity contribution in [2.45, 2.75) is 0 Å². The predicted octanol–water partition coefficient (Wildman–Crippen LogP) is 2.63. The van der Waals surface area contributed by atoms with E-state index in [2.05, 4.69) is 0 Å². The van der Waals surface area contributed by atoms with Gasteiger partial charge in [0, 0.05) is 0 Å². The lowest BCUT2D eigenvalue weighted by atomic mass is 11.9. The van der Waals surface area contributed by atoms with E-state index in [4.69, 9.17) is 23.2 Å². The van der Waals surface area contributed by atoms with Crippen LogP contribution in [-0.4, -0.2) is 11.2 Å². The molecule has 0 aliphatic heterocycles. The number of hydrogen-bond donors (Lipinski definition) is 0. The molecule has 0 unspecified atom stereocenters. The fourth-order valence-corrected chi connectivity index (χ4v) is 0.862. The Morgan fingerprint density at radius 2 is 1.71 bits per heavy atom. The third-order valence-electron chi connectivity index (χ3n) is 0.357. The maximum absolute atomic E-state index is 11.8. The van der Waals surface area contributed by atoms with E-state index >= 15 is 0 Å². The first-order valence-corrected chi connectivity index (χ1v) is 4.56. The minimum Gasteiger partial charge on any atom is -0.285 e. The second-order valence-corrected chi connectivity index (χ2v) is 4.52. The van der Waals surface area contributed by atoms with Crippen molar-refractivity contribution < 1.29 is 8.76 Å². The van der Waals surface area contributed by atoms with Crippen LogP contribution >= 0.6 is 30.7 Å². The van der Waals surface area contributed by atoms with Crippen LogP contribution in [0.25, 0.3) is 0 Å². The predicted molar refractivity (Wildman–Crippen MR) is 30.2 cm³/mol. The molecule has 0 atom stereocenters. The first kappa shape index (κ1) is 7.74. The largest absolute Gasteiger partial charge is 0.285 e. The van der Waals surface area contributed by atoms with Gasteiger partial charge >= 0.3 is 0 Å². The minimum atomic E-state index is -3.62. The molecule has 0 spiro atoms. The molecule has 0 fully saturated rings. The Morgan fingerprint density at radius 3 is 1.71 bits per heavy atom. The summed E-state index contributed by atoms with van der Waals surface area (Å²) in [6, 6.07) is 0. The van der Waals surface area contributed by atoms with E-state index in [9.17, 15) is 8.76 Å². The normalized spacial score (nSPS) is 11.9. The Morgan fingerprint density at radius 1 is 1.43 bits per heavy atom. The third kappa shape index (κ3) is 3.33. The summed E-state index contributed by atoms with van der Waals surface area (Å²) >= 11 is 9.74. The molecule has 5 heteroatoms. The fraction of sp³-hybridized carbons (Fsp3) is 1.00. The molecule has 7 heavy (non-hydrogen) atoms. The maximum atomic E-state index is 11.8. The number of rotatable bonds is 2. The van der Waals surface area contributed by atoms with Crippen molar-refractivity contribution >= 4 is 30.7 Å². The Balaban J connectivity index is 3.61. The van der Waals surface area contributed by atoms with Crippen molar-refractivity contribution in [3.63, 3.8) is 0 Å². The van der Waals surface area contributed by atoms with Gasteiger partial charge in [-0.15, -0.1) is 23.2 Å². The lowest BCUT2D eigenvalue weighted by Crippen LogP contribution is -1.72. The molecule has 44 valence electrons. The smallest absolute Gasteiger partial charge is 0.272 e. The second-order valence-electron chi connectivity index (χ2n) is 1.03. The molecular weight excluding hydrogens is 161 g/mol. The maximum Gasteiger partial charge on any atom is 0.272 e. The van der Waals surface area contributed by atoms with Crippen LogP contribution in [0.1, 0.15) is 0 Å². The van der Waals surface area contributed by atoms with Crippen LogP contribution in [0.5, 0.6) is 0 Å². The van der Waals surface area contributed by atoms with Gasteiger partial charge in [-0.3, -0.25) is 4.57 Å². The molecule has 0 aliphatic carbocycles. The Kier molecular flexibility index (Phi) is 3.21. The summed E-state index contributed by atoms with van der Waals surface area (Å²) in [5.41, 5.74) is -0.951. The summed E-state index contributed by atoms with van der Waals surface area (Å²) in [6.45, 7) is 0. The van der Waals surface area contributed by atoms with Crippen molar-refractivity contribution in [3.05, 3.63) is 0 Å². The van der Waals surface area contributed by atoms with Crippen LogP contribution in [0, 0.1) is 0 Å². The highest BCUT2D eigenvalue weighted by atomic mass is 35.5. The van der Waals surface area contributed by atoms with E-state index in [0.717, 1.165) is 0 Å². The van der Waals surface area contributed by atoms with Gasteiger partial charge in [-0.25, -0.2) is 0 Å². The monoisotopic (exact) mass is 164 g/mol. The highest BCUT2D eigenvalue weighted by Gasteiger charge is 2.15. The quantitative estimate of drug-likeness (QED) is 0.453. The lowest BCUT2D eigenvalue weighted by molar-refractivity contribution is 0.548. The Labute approximate surface area is 51.3 Å². The van der Waals surface area contributed by atoms with E-state index in [1.165, 1.54) is 0 Å². The highest BCUT2D eigenvalue weighted by Crippen LogP contribution is 2.48. The molecule has 0 radical (unpaired) electrons. The fourth-order valence-electron chi connectivity index (χ4n) is 0.0319. The van der Waals surface area contributed by atoms with E-state index < -0.39 is 18.7 Å². The van der Waals surface area contributed by atoms with Crippen molar-refractivity contribution in [2.75, 3.05) is 11.2 Å². The number of halogens is 3. The van der Waals surface area contributed by atoms with Crippen LogP contribution in [-0.2, 0) is 4.57 Å². The molecule has 0 aromatic heterocycles. The average Bonchev–Trinajstić information content (AvgIpc) is 1.68. The van der Waals surface area contributed by atoms with Gasteiger partial charge in [0.2, 0.25) is 0 Å². The molecule has 0 aromatic rings. The number of alkyl halides is 2. The summed E-state index contributed by atoms with van der Waals surface area (Å²) in [4.78, 5) is 0. The van der Waals surface area contributed by atoms with Gasteiger partial charge in [-0.2, -0.15) is 4.20 Å². The van der Waals surface area contributed by atoms with Gasteiger partial charge in [0.25, 0.3) is 7.45 Å². The van der Waals surface area contributed by atoms with Crippen LogP contribution in [0.2, 0.25) is 0 Å². The molecule has 0 N–H and O–H groups in total. The highest BCUT2D eigenvalue weighted by molar-refractivity contribution is 7.61. The summed E-state index contributed by atoms with van der Waals surface area (Å²) in [5.74, 6) is 0. The van der Waals surface area contributed by atoms with Gasteiger partial charge in [0.15, 0.2) is 0 Å². The van der Waals surface area contributed by atoms with Crippen molar-refractivity contribution in [3.8, 4) is 0 Å². The van der Waals surface area contributed by atoms with Crippen LogP contribution in [0.3, 0.4) is 0 Å². The molecular formula is C2H4Cl2FOP. The lowest BCUT2D eigenvalue weighted by Gasteiger charge is -1.94. The van der Waals surface area contributed by atoms with E-state index in [0.29, 0.717) is 0 Å². The third-order valence-corrected chi connectivity index (χ3v) is 3.21. The zero-order valence-electron chi connectivity index (χ0n) is 3.40. The average molecular weight is 165 g/mol. The standard InChI is InChI=1S/C2H4Cl2FOP/c3-1-7(5,6)2-4/h1-2H2. The van der Waals surface area contributed by atoms with Crippen molar-refractivity contribution in [2.24, 2.45) is 0 Å². The number of hydrogen-bond acceptors (Lipinski definition) is 1. The molecule has 0 bridgehead atoms. The van der Waals surface area contributed by atoms with Crippen molar-refractivity contribution in [1.82, 2.24) is 0 Å². The molecule has 0 rings (SSSR count). The van der Waals surface area contributed by atoms with Crippen LogP contribution < -0.4 is 0 Å². The van der Waals surface area contributed by atoms with E-state index in [-0.39, 0.29) is 0 Å². The molecule has 0 aliphatic rings. The zero-order valence-corrected chi connectivity index (χ0v) is 5.81. The van der Waals surface area contributed by atoms with Gasteiger partial charge in [0.05, 0.1) is 0 Å². The van der Waals surface area contributed by atoms with E-state index in [1.54, 1.807) is 0 Å².